The molecule has 64 valence electrons. The zero-order valence-corrected chi connectivity index (χ0v) is 6.26. The van der Waals surface area contributed by atoms with Crippen molar-refractivity contribution in [3.8, 4) is 0 Å². The van der Waals surface area contributed by atoms with Gasteiger partial charge < -0.3 is 5.73 Å². The fourth-order valence-corrected chi connectivity index (χ4v) is 1.09. The Bertz CT molecular complexity index is 157. The van der Waals surface area contributed by atoms with Crippen LogP contribution in [0.25, 0.3) is 0 Å². The quantitative estimate of drug-likeness (QED) is 0.650. The SMILES string of the molecule is NC1=CCN(CC(F)F)CC1. The Morgan fingerprint density at radius 2 is 2.36 bits per heavy atom. The molecule has 0 spiro atoms. The molecule has 0 fully saturated rings. The van der Waals surface area contributed by atoms with Crippen LogP contribution in [0.15, 0.2) is 11.8 Å². The van der Waals surface area contributed by atoms with Crippen LogP contribution in [0.1, 0.15) is 6.42 Å². The summed E-state index contributed by atoms with van der Waals surface area (Å²) in [6.45, 7) is 1.09. The van der Waals surface area contributed by atoms with Gasteiger partial charge in [-0.2, -0.15) is 0 Å². The molecule has 1 rings (SSSR count). The zero-order chi connectivity index (χ0) is 8.27. The van der Waals surface area contributed by atoms with Crippen LogP contribution in [0.3, 0.4) is 0 Å². The highest BCUT2D eigenvalue weighted by Gasteiger charge is 2.13. The molecule has 2 N–H and O–H groups in total. The minimum Gasteiger partial charge on any atom is -0.402 e. The molecule has 4 heteroatoms. The van der Waals surface area contributed by atoms with E-state index in [0.29, 0.717) is 19.5 Å². The van der Waals surface area contributed by atoms with Crippen molar-refractivity contribution in [1.29, 1.82) is 0 Å². The number of hydrogen-bond acceptors (Lipinski definition) is 2. The lowest BCUT2D eigenvalue weighted by atomic mass is 10.2. The first kappa shape index (κ1) is 8.46. The van der Waals surface area contributed by atoms with Crippen LogP contribution in [0.5, 0.6) is 0 Å². The first-order valence-electron chi connectivity index (χ1n) is 3.63. The molecule has 0 aromatic heterocycles. The molecule has 0 saturated heterocycles. The van der Waals surface area contributed by atoms with Crippen LogP contribution in [0, 0.1) is 0 Å². The van der Waals surface area contributed by atoms with Crippen LogP contribution < -0.4 is 5.73 Å². The Hall–Kier alpha value is -0.640. The van der Waals surface area contributed by atoms with Crippen molar-refractivity contribution in [2.75, 3.05) is 19.6 Å². The molecule has 0 radical (unpaired) electrons. The van der Waals surface area contributed by atoms with Gasteiger partial charge in [0.2, 0.25) is 0 Å². The normalized spacial score (nSPS) is 20.5. The molecule has 0 unspecified atom stereocenters. The van der Waals surface area contributed by atoms with E-state index in [9.17, 15) is 8.78 Å². The summed E-state index contributed by atoms with van der Waals surface area (Å²) in [5, 5.41) is 0. The molecule has 1 aliphatic heterocycles. The lowest BCUT2D eigenvalue weighted by Gasteiger charge is -2.24. The number of hydrogen-bond donors (Lipinski definition) is 1. The van der Waals surface area contributed by atoms with Gasteiger partial charge >= 0.3 is 0 Å². The van der Waals surface area contributed by atoms with Crippen molar-refractivity contribution in [3.05, 3.63) is 11.8 Å². The predicted octanol–water partition coefficient (Wildman–Crippen LogP) is 0.800. The molecule has 0 aromatic rings. The smallest absolute Gasteiger partial charge is 0.251 e. The van der Waals surface area contributed by atoms with Gasteiger partial charge in [0.1, 0.15) is 0 Å². The van der Waals surface area contributed by atoms with Gasteiger partial charge in [-0.1, -0.05) is 6.08 Å². The Labute approximate surface area is 64.7 Å². The van der Waals surface area contributed by atoms with E-state index in [1.807, 2.05) is 0 Å². The second-order valence-corrected chi connectivity index (χ2v) is 2.68. The molecule has 2 nitrogen and oxygen atoms in total. The summed E-state index contributed by atoms with van der Waals surface area (Å²) in [5.41, 5.74) is 6.29. The Morgan fingerprint density at radius 3 is 2.82 bits per heavy atom. The largest absolute Gasteiger partial charge is 0.402 e. The molecular weight excluding hydrogens is 150 g/mol. The van der Waals surface area contributed by atoms with Crippen molar-refractivity contribution in [1.82, 2.24) is 4.90 Å². The maximum Gasteiger partial charge on any atom is 0.251 e. The van der Waals surface area contributed by atoms with E-state index in [0.717, 1.165) is 5.70 Å². The van der Waals surface area contributed by atoms with E-state index in [-0.39, 0.29) is 6.54 Å². The van der Waals surface area contributed by atoms with Gasteiger partial charge in [0, 0.05) is 18.8 Å². The van der Waals surface area contributed by atoms with Crippen molar-refractivity contribution < 1.29 is 8.78 Å². The standard InChI is InChI=1S/C7H12F2N2/c8-7(9)5-11-3-1-6(10)2-4-11/h1,7H,2-5,10H2. The summed E-state index contributed by atoms with van der Waals surface area (Å²) in [6.07, 6.45) is 0.279. The minimum atomic E-state index is -2.23. The third-order valence-corrected chi connectivity index (χ3v) is 1.72. The fraction of sp³-hybridized carbons (Fsp3) is 0.714. The second-order valence-electron chi connectivity index (χ2n) is 2.68. The van der Waals surface area contributed by atoms with Crippen molar-refractivity contribution >= 4 is 0 Å². The number of halogens is 2. The van der Waals surface area contributed by atoms with Gasteiger partial charge in [-0.25, -0.2) is 8.78 Å². The Kier molecular flexibility index (Phi) is 2.82. The van der Waals surface area contributed by atoms with Crippen molar-refractivity contribution in [2.45, 2.75) is 12.8 Å². The summed E-state index contributed by atoms with van der Waals surface area (Å²) in [4.78, 5) is 1.70. The van der Waals surface area contributed by atoms with Gasteiger partial charge in [0.25, 0.3) is 6.43 Å². The maximum absolute atomic E-state index is 11.8. The van der Waals surface area contributed by atoms with Gasteiger partial charge in [-0.15, -0.1) is 0 Å². The highest BCUT2D eigenvalue weighted by molar-refractivity contribution is 5.02. The molecule has 0 aliphatic carbocycles. The molecule has 11 heavy (non-hydrogen) atoms. The van der Waals surface area contributed by atoms with E-state index >= 15 is 0 Å². The minimum absolute atomic E-state index is 0.135. The van der Waals surface area contributed by atoms with E-state index in [1.165, 1.54) is 0 Å². The zero-order valence-electron chi connectivity index (χ0n) is 6.26. The van der Waals surface area contributed by atoms with Gasteiger partial charge in [-0.3, -0.25) is 4.90 Å². The lowest BCUT2D eigenvalue weighted by Crippen LogP contribution is -2.34. The third kappa shape index (κ3) is 2.84. The van der Waals surface area contributed by atoms with Crippen LogP contribution in [-0.4, -0.2) is 31.0 Å². The highest BCUT2D eigenvalue weighted by atomic mass is 19.3. The summed E-state index contributed by atoms with van der Waals surface area (Å²) in [6, 6.07) is 0. The first-order chi connectivity index (χ1) is 5.18. The molecule has 1 heterocycles. The molecule has 0 aromatic carbocycles. The molecule has 0 bridgehead atoms. The van der Waals surface area contributed by atoms with Crippen LogP contribution >= 0.6 is 0 Å². The van der Waals surface area contributed by atoms with Crippen molar-refractivity contribution in [3.63, 3.8) is 0 Å². The summed E-state index contributed by atoms with van der Waals surface area (Å²) in [5.74, 6) is 0. The highest BCUT2D eigenvalue weighted by Crippen LogP contribution is 2.07. The number of rotatable bonds is 2. The topological polar surface area (TPSA) is 29.3 Å². The monoisotopic (exact) mass is 162 g/mol. The van der Waals surface area contributed by atoms with Gasteiger partial charge in [-0.05, 0) is 6.42 Å². The molecule has 0 atom stereocenters. The number of nitrogens with zero attached hydrogens (tertiary/aromatic N) is 1. The molecule has 1 aliphatic rings. The van der Waals surface area contributed by atoms with Crippen LogP contribution in [0.4, 0.5) is 8.78 Å². The number of alkyl halides is 2. The first-order valence-corrected chi connectivity index (χ1v) is 3.63. The average Bonchev–Trinajstić information content (AvgIpc) is 1.93. The summed E-state index contributed by atoms with van der Waals surface area (Å²) in [7, 11) is 0. The van der Waals surface area contributed by atoms with Crippen LogP contribution in [0.2, 0.25) is 0 Å². The summed E-state index contributed by atoms with van der Waals surface area (Å²) < 4.78 is 23.6. The molecular formula is C7H12F2N2. The fourth-order valence-electron chi connectivity index (χ4n) is 1.09. The van der Waals surface area contributed by atoms with E-state index in [1.54, 1.807) is 11.0 Å². The number of nitrogens with two attached hydrogens (primary N) is 1. The Morgan fingerprint density at radius 1 is 1.64 bits per heavy atom. The predicted molar refractivity (Wildman–Crippen MR) is 39.3 cm³/mol. The Balaban J connectivity index is 2.29. The lowest BCUT2D eigenvalue weighted by molar-refractivity contribution is 0.0921. The third-order valence-electron chi connectivity index (χ3n) is 1.72. The average molecular weight is 162 g/mol. The van der Waals surface area contributed by atoms with E-state index < -0.39 is 6.43 Å². The van der Waals surface area contributed by atoms with E-state index in [2.05, 4.69) is 0 Å². The maximum atomic E-state index is 11.8. The van der Waals surface area contributed by atoms with Crippen molar-refractivity contribution in [2.24, 2.45) is 5.73 Å². The summed E-state index contributed by atoms with van der Waals surface area (Å²) >= 11 is 0. The second kappa shape index (κ2) is 3.67. The molecule has 0 amide bonds. The van der Waals surface area contributed by atoms with E-state index in [4.69, 9.17) is 5.73 Å². The van der Waals surface area contributed by atoms with Gasteiger partial charge in [0.15, 0.2) is 0 Å². The van der Waals surface area contributed by atoms with Gasteiger partial charge in [0.05, 0.1) is 6.54 Å². The van der Waals surface area contributed by atoms with Crippen LogP contribution in [-0.2, 0) is 0 Å². The molecule has 0 saturated carbocycles.